The summed E-state index contributed by atoms with van der Waals surface area (Å²) >= 11 is 0. The standard InChI is InChI=1S/C17H30N2O/c1-4-15(9-14(10-18)11-19)16-7-5-6-8-17(16)20-12-13(2)3/h5-8,13-15H,4,9-12,18-19H2,1-3H3. The lowest BCUT2D eigenvalue weighted by molar-refractivity contribution is 0.265. The lowest BCUT2D eigenvalue weighted by Gasteiger charge is -2.23. The van der Waals surface area contributed by atoms with E-state index in [2.05, 4.69) is 39.0 Å². The molecule has 0 amide bonds. The number of ether oxygens (including phenoxy) is 1. The molecule has 1 aromatic rings. The SMILES string of the molecule is CCC(CC(CN)CN)c1ccccc1OCC(C)C. The molecule has 114 valence electrons. The molecule has 1 unspecified atom stereocenters. The smallest absolute Gasteiger partial charge is 0.122 e. The molecule has 0 fully saturated rings. The van der Waals surface area contributed by atoms with Gasteiger partial charge in [-0.1, -0.05) is 39.0 Å². The maximum Gasteiger partial charge on any atom is 0.122 e. The number of hydrogen-bond acceptors (Lipinski definition) is 3. The van der Waals surface area contributed by atoms with E-state index in [1.165, 1.54) is 5.56 Å². The van der Waals surface area contributed by atoms with Crippen LogP contribution in [0.15, 0.2) is 24.3 Å². The Morgan fingerprint density at radius 2 is 1.75 bits per heavy atom. The van der Waals surface area contributed by atoms with Crippen molar-refractivity contribution in [1.82, 2.24) is 0 Å². The minimum absolute atomic E-state index is 0.387. The van der Waals surface area contributed by atoms with Crippen molar-refractivity contribution in [3.63, 3.8) is 0 Å². The molecule has 0 heterocycles. The molecule has 1 aromatic carbocycles. The van der Waals surface area contributed by atoms with Crippen molar-refractivity contribution in [2.45, 2.75) is 39.5 Å². The van der Waals surface area contributed by atoms with E-state index >= 15 is 0 Å². The van der Waals surface area contributed by atoms with Crippen LogP contribution >= 0.6 is 0 Å². The quantitative estimate of drug-likeness (QED) is 0.729. The molecule has 0 radical (unpaired) electrons. The van der Waals surface area contributed by atoms with Crippen LogP contribution in [-0.4, -0.2) is 19.7 Å². The van der Waals surface area contributed by atoms with Gasteiger partial charge >= 0.3 is 0 Å². The zero-order valence-corrected chi connectivity index (χ0v) is 13.1. The van der Waals surface area contributed by atoms with Crippen molar-refractivity contribution >= 4 is 0 Å². The summed E-state index contributed by atoms with van der Waals surface area (Å²) in [6, 6.07) is 8.36. The highest BCUT2D eigenvalue weighted by Crippen LogP contribution is 2.33. The summed E-state index contributed by atoms with van der Waals surface area (Å²) in [4.78, 5) is 0. The fraction of sp³-hybridized carbons (Fsp3) is 0.647. The van der Waals surface area contributed by atoms with Crippen LogP contribution in [0.5, 0.6) is 5.75 Å². The van der Waals surface area contributed by atoms with E-state index in [4.69, 9.17) is 16.2 Å². The van der Waals surface area contributed by atoms with E-state index in [1.807, 2.05) is 6.07 Å². The van der Waals surface area contributed by atoms with E-state index in [-0.39, 0.29) is 0 Å². The Hall–Kier alpha value is -1.06. The van der Waals surface area contributed by atoms with Crippen LogP contribution in [0.3, 0.4) is 0 Å². The van der Waals surface area contributed by atoms with Gasteiger partial charge in [0.05, 0.1) is 6.61 Å². The second kappa shape index (κ2) is 8.98. The molecule has 0 saturated carbocycles. The molecular weight excluding hydrogens is 248 g/mol. The third-order valence-corrected chi connectivity index (χ3v) is 3.71. The lowest BCUT2D eigenvalue weighted by atomic mass is 9.86. The van der Waals surface area contributed by atoms with Gasteiger partial charge in [0.1, 0.15) is 5.75 Å². The molecule has 0 aromatic heterocycles. The van der Waals surface area contributed by atoms with Gasteiger partial charge in [-0.05, 0) is 55.3 Å². The molecular formula is C17H30N2O. The molecule has 0 aliphatic heterocycles. The van der Waals surface area contributed by atoms with Crippen molar-refractivity contribution in [2.75, 3.05) is 19.7 Å². The highest BCUT2D eigenvalue weighted by Gasteiger charge is 2.18. The molecule has 0 aliphatic carbocycles. The lowest BCUT2D eigenvalue weighted by Crippen LogP contribution is -2.25. The van der Waals surface area contributed by atoms with Gasteiger partial charge in [0, 0.05) is 0 Å². The Morgan fingerprint density at radius 3 is 2.30 bits per heavy atom. The molecule has 0 spiro atoms. The molecule has 3 nitrogen and oxygen atoms in total. The fourth-order valence-electron chi connectivity index (χ4n) is 2.41. The highest BCUT2D eigenvalue weighted by atomic mass is 16.5. The number of benzene rings is 1. The zero-order chi connectivity index (χ0) is 15.0. The van der Waals surface area contributed by atoms with Gasteiger partial charge in [-0.15, -0.1) is 0 Å². The third kappa shape index (κ3) is 5.14. The molecule has 3 heteroatoms. The second-order valence-corrected chi connectivity index (χ2v) is 5.92. The van der Waals surface area contributed by atoms with Crippen LogP contribution < -0.4 is 16.2 Å². The number of hydrogen-bond donors (Lipinski definition) is 2. The number of para-hydroxylation sites is 1. The van der Waals surface area contributed by atoms with Crippen LogP contribution in [-0.2, 0) is 0 Å². The minimum Gasteiger partial charge on any atom is -0.493 e. The van der Waals surface area contributed by atoms with E-state index in [9.17, 15) is 0 Å². The highest BCUT2D eigenvalue weighted by molar-refractivity contribution is 5.36. The monoisotopic (exact) mass is 278 g/mol. The average molecular weight is 278 g/mol. The van der Waals surface area contributed by atoms with Gasteiger partial charge in [-0.3, -0.25) is 0 Å². The fourth-order valence-corrected chi connectivity index (χ4v) is 2.41. The van der Waals surface area contributed by atoms with Crippen molar-refractivity contribution in [3.8, 4) is 5.75 Å². The van der Waals surface area contributed by atoms with Crippen molar-refractivity contribution in [1.29, 1.82) is 0 Å². The number of nitrogens with two attached hydrogens (primary N) is 2. The van der Waals surface area contributed by atoms with Crippen molar-refractivity contribution in [3.05, 3.63) is 29.8 Å². The average Bonchev–Trinajstić information content (AvgIpc) is 2.47. The zero-order valence-electron chi connectivity index (χ0n) is 13.1. The normalized spacial score (nSPS) is 12.9. The molecule has 4 N–H and O–H groups in total. The first-order valence-corrected chi connectivity index (χ1v) is 7.74. The summed E-state index contributed by atoms with van der Waals surface area (Å²) in [6.45, 7) is 8.61. The van der Waals surface area contributed by atoms with Gasteiger partial charge in [-0.25, -0.2) is 0 Å². The molecule has 20 heavy (non-hydrogen) atoms. The maximum atomic E-state index is 5.97. The van der Waals surface area contributed by atoms with Crippen LogP contribution in [0.2, 0.25) is 0 Å². The summed E-state index contributed by atoms with van der Waals surface area (Å²) in [6.07, 6.45) is 2.12. The van der Waals surface area contributed by atoms with Crippen LogP contribution in [0.1, 0.15) is 45.1 Å². The van der Waals surface area contributed by atoms with E-state index in [0.717, 1.165) is 25.2 Å². The first-order valence-electron chi connectivity index (χ1n) is 7.74. The largest absolute Gasteiger partial charge is 0.493 e. The van der Waals surface area contributed by atoms with Gasteiger partial charge < -0.3 is 16.2 Å². The van der Waals surface area contributed by atoms with Crippen LogP contribution in [0.25, 0.3) is 0 Å². The molecule has 0 saturated heterocycles. The second-order valence-electron chi connectivity index (χ2n) is 5.92. The van der Waals surface area contributed by atoms with Gasteiger partial charge in [0.2, 0.25) is 0 Å². The molecule has 0 aliphatic rings. The first kappa shape index (κ1) is 17.0. The number of rotatable bonds is 9. The predicted octanol–water partition coefficient (Wildman–Crippen LogP) is 3.14. The molecule has 0 bridgehead atoms. The maximum absolute atomic E-state index is 5.97. The van der Waals surface area contributed by atoms with Crippen LogP contribution in [0, 0.1) is 11.8 Å². The van der Waals surface area contributed by atoms with E-state index in [1.54, 1.807) is 0 Å². The van der Waals surface area contributed by atoms with Crippen molar-refractivity contribution < 1.29 is 4.74 Å². The topological polar surface area (TPSA) is 61.3 Å². The summed E-state index contributed by atoms with van der Waals surface area (Å²) in [5.41, 5.74) is 12.9. The Balaban J connectivity index is 2.85. The summed E-state index contributed by atoms with van der Waals surface area (Å²) < 4.78 is 5.97. The summed E-state index contributed by atoms with van der Waals surface area (Å²) in [5, 5.41) is 0. The Bertz CT molecular complexity index is 375. The van der Waals surface area contributed by atoms with Crippen LogP contribution in [0.4, 0.5) is 0 Å². The van der Waals surface area contributed by atoms with E-state index in [0.29, 0.717) is 30.8 Å². The van der Waals surface area contributed by atoms with Gasteiger partial charge in [0.25, 0.3) is 0 Å². The van der Waals surface area contributed by atoms with E-state index < -0.39 is 0 Å². The Kier molecular flexibility index (Phi) is 7.63. The Labute approximate surface area is 123 Å². The summed E-state index contributed by atoms with van der Waals surface area (Å²) in [7, 11) is 0. The Morgan fingerprint density at radius 1 is 1.10 bits per heavy atom. The summed E-state index contributed by atoms with van der Waals surface area (Å²) in [5.74, 6) is 2.40. The van der Waals surface area contributed by atoms with Gasteiger partial charge in [0.15, 0.2) is 0 Å². The van der Waals surface area contributed by atoms with Gasteiger partial charge in [-0.2, -0.15) is 0 Å². The predicted molar refractivity (Wildman–Crippen MR) is 86.0 cm³/mol. The first-order chi connectivity index (χ1) is 9.62. The third-order valence-electron chi connectivity index (χ3n) is 3.71. The molecule has 1 rings (SSSR count). The minimum atomic E-state index is 0.387. The molecule has 1 atom stereocenters. The van der Waals surface area contributed by atoms with Crippen molar-refractivity contribution in [2.24, 2.45) is 23.3 Å².